The number of hydrogen-bond acceptors (Lipinski definition) is 5. The highest BCUT2D eigenvalue weighted by Gasteiger charge is 2.24. The summed E-state index contributed by atoms with van der Waals surface area (Å²) in [4.78, 5) is 6.91. The Morgan fingerprint density at radius 1 is 1.18 bits per heavy atom. The van der Waals surface area contributed by atoms with Crippen LogP contribution in [-0.2, 0) is 13.5 Å². The fraction of sp³-hybridized carbons (Fsp3) is 0.333. The Hall–Kier alpha value is -3.56. The molecule has 1 aliphatic rings. The van der Waals surface area contributed by atoms with Gasteiger partial charge in [0, 0.05) is 41.8 Å². The van der Waals surface area contributed by atoms with Gasteiger partial charge in [-0.05, 0) is 81.4 Å². The zero-order valence-corrected chi connectivity index (χ0v) is 19.3. The molecule has 0 amide bonds. The maximum absolute atomic E-state index is 9.24. The van der Waals surface area contributed by atoms with E-state index >= 15 is 0 Å². The van der Waals surface area contributed by atoms with E-state index in [2.05, 4.69) is 46.9 Å². The lowest BCUT2D eigenvalue weighted by Crippen LogP contribution is -2.39. The molecule has 168 valence electrons. The smallest absolute Gasteiger partial charge is 0.171 e. The number of nitriles is 1. The van der Waals surface area contributed by atoms with Crippen molar-refractivity contribution in [1.29, 1.82) is 5.26 Å². The van der Waals surface area contributed by atoms with Crippen LogP contribution in [0.2, 0.25) is 0 Å². The summed E-state index contributed by atoms with van der Waals surface area (Å²) in [7, 11) is 4.19. The molecule has 1 aliphatic heterocycles. The Balaban J connectivity index is 1.21. The lowest BCUT2D eigenvalue weighted by Gasteiger charge is -2.30. The van der Waals surface area contributed by atoms with E-state index < -0.39 is 0 Å². The molecule has 0 aliphatic carbocycles. The minimum atomic E-state index is -0.0230. The number of fused-ring (bicyclic) bond motifs is 4. The van der Waals surface area contributed by atoms with Crippen molar-refractivity contribution in [3.8, 4) is 17.6 Å². The molecule has 3 heterocycles. The van der Waals surface area contributed by atoms with Crippen LogP contribution in [0.15, 0.2) is 48.7 Å². The van der Waals surface area contributed by atoms with E-state index in [1.54, 1.807) is 0 Å². The summed E-state index contributed by atoms with van der Waals surface area (Å²) in [5.74, 6) is 1.59. The predicted molar refractivity (Wildman–Crippen MR) is 130 cm³/mol. The first-order valence-corrected chi connectivity index (χ1v) is 11.4. The first-order chi connectivity index (χ1) is 16.0. The number of benzene rings is 2. The lowest BCUT2D eigenvalue weighted by molar-refractivity contribution is 0.0670. The molecule has 1 unspecified atom stereocenters. The summed E-state index contributed by atoms with van der Waals surface area (Å²) in [6, 6.07) is 16.2. The summed E-state index contributed by atoms with van der Waals surface area (Å²) < 4.78 is 14.5. The SMILES string of the molecule is Cc1ccc2c3c(ccc2n1)OCC(CN(C)CCCc1cn(C)c2ccc(C#N)cc12)O3. The van der Waals surface area contributed by atoms with E-state index in [1.165, 1.54) is 16.5 Å². The molecule has 5 rings (SSSR count). The molecule has 2 aromatic heterocycles. The largest absolute Gasteiger partial charge is 0.486 e. The maximum Gasteiger partial charge on any atom is 0.171 e. The van der Waals surface area contributed by atoms with Gasteiger partial charge >= 0.3 is 0 Å². The van der Waals surface area contributed by atoms with Gasteiger partial charge in [-0.3, -0.25) is 4.98 Å². The van der Waals surface area contributed by atoms with Gasteiger partial charge in [-0.15, -0.1) is 0 Å². The highest BCUT2D eigenvalue weighted by atomic mass is 16.6. The molecular formula is C27H28N4O2. The van der Waals surface area contributed by atoms with Gasteiger partial charge in [0.1, 0.15) is 12.7 Å². The van der Waals surface area contributed by atoms with Crippen LogP contribution in [0.25, 0.3) is 21.8 Å². The number of hydrogen-bond donors (Lipinski definition) is 0. The first kappa shape index (κ1) is 21.3. The van der Waals surface area contributed by atoms with Crippen LogP contribution >= 0.6 is 0 Å². The molecule has 2 aromatic carbocycles. The minimum Gasteiger partial charge on any atom is -0.486 e. The number of nitrogens with zero attached hydrogens (tertiary/aromatic N) is 4. The van der Waals surface area contributed by atoms with Gasteiger partial charge in [-0.25, -0.2) is 0 Å². The molecule has 0 saturated heterocycles. The normalized spacial score (nSPS) is 15.3. The van der Waals surface area contributed by atoms with Gasteiger partial charge in [-0.1, -0.05) is 0 Å². The molecule has 33 heavy (non-hydrogen) atoms. The van der Waals surface area contributed by atoms with Crippen molar-refractivity contribution in [2.45, 2.75) is 25.9 Å². The van der Waals surface area contributed by atoms with Crippen LogP contribution in [0, 0.1) is 18.3 Å². The molecule has 0 spiro atoms. The van der Waals surface area contributed by atoms with Gasteiger partial charge in [-0.2, -0.15) is 5.26 Å². The number of pyridine rings is 1. The topological polar surface area (TPSA) is 63.3 Å². The molecule has 4 aromatic rings. The highest BCUT2D eigenvalue weighted by Crippen LogP contribution is 2.38. The Labute approximate surface area is 194 Å². The van der Waals surface area contributed by atoms with Crippen molar-refractivity contribution in [3.63, 3.8) is 0 Å². The van der Waals surface area contributed by atoms with Crippen LogP contribution in [-0.4, -0.2) is 47.3 Å². The van der Waals surface area contributed by atoms with Crippen molar-refractivity contribution >= 4 is 21.8 Å². The van der Waals surface area contributed by atoms with Crippen molar-refractivity contribution in [2.24, 2.45) is 7.05 Å². The monoisotopic (exact) mass is 440 g/mol. The number of ether oxygens (including phenoxy) is 2. The quantitative estimate of drug-likeness (QED) is 0.438. The summed E-state index contributed by atoms with van der Waals surface area (Å²) in [5, 5.41) is 11.4. The molecule has 0 radical (unpaired) electrons. The summed E-state index contributed by atoms with van der Waals surface area (Å²) in [6.07, 6.45) is 4.16. The van der Waals surface area contributed by atoms with Crippen LogP contribution in [0.4, 0.5) is 0 Å². The average Bonchev–Trinajstić information content (AvgIpc) is 3.13. The standard InChI is InChI=1S/C27H28N4O2/c1-18-6-8-22-24(29-18)9-11-26-27(22)33-21(17-32-26)16-30(2)12-4-5-20-15-31(3)25-10-7-19(14-28)13-23(20)25/h6-11,13,15,21H,4-5,12,16-17H2,1-3H3. The lowest BCUT2D eigenvalue weighted by atomic mass is 10.1. The summed E-state index contributed by atoms with van der Waals surface area (Å²) in [6.45, 7) is 4.29. The zero-order chi connectivity index (χ0) is 22.9. The third kappa shape index (κ3) is 4.24. The minimum absolute atomic E-state index is 0.0230. The van der Waals surface area contributed by atoms with Crippen LogP contribution in [0.5, 0.6) is 11.5 Å². The number of likely N-dealkylation sites (N-methyl/N-ethyl adjacent to an activating group) is 1. The summed E-state index contributed by atoms with van der Waals surface area (Å²) in [5.41, 5.74) is 5.09. The number of aromatic nitrogens is 2. The molecule has 0 saturated carbocycles. The van der Waals surface area contributed by atoms with Gasteiger partial charge < -0.3 is 18.9 Å². The fourth-order valence-corrected chi connectivity index (χ4v) is 4.69. The van der Waals surface area contributed by atoms with E-state index in [0.717, 1.165) is 54.0 Å². The fourth-order valence-electron chi connectivity index (χ4n) is 4.69. The van der Waals surface area contributed by atoms with E-state index in [0.29, 0.717) is 12.2 Å². The highest BCUT2D eigenvalue weighted by molar-refractivity contribution is 5.88. The molecule has 0 bridgehead atoms. The second kappa shape index (κ2) is 8.76. The van der Waals surface area contributed by atoms with Gasteiger partial charge in [0.05, 0.1) is 17.1 Å². The molecule has 1 atom stereocenters. The number of rotatable bonds is 6. The first-order valence-electron chi connectivity index (χ1n) is 11.4. The van der Waals surface area contributed by atoms with Crippen LogP contribution < -0.4 is 9.47 Å². The van der Waals surface area contributed by atoms with E-state index in [9.17, 15) is 5.26 Å². The number of aryl methyl sites for hydroxylation is 3. The Morgan fingerprint density at radius 2 is 2.06 bits per heavy atom. The second-order valence-electron chi connectivity index (χ2n) is 8.94. The van der Waals surface area contributed by atoms with Gasteiger partial charge in [0.2, 0.25) is 0 Å². The predicted octanol–water partition coefficient (Wildman–Crippen LogP) is 4.61. The third-order valence-electron chi connectivity index (χ3n) is 6.34. The van der Waals surface area contributed by atoms with E-state index in [-0.39, 0.29) is 6.10 Å². The Bertz CT molecular complexity index is 1370. The molecule has 6 nitrogen and oxygen atoms in total. The summed E-state index contributed by atoms with van der Waals surface area (Å²) >= 11 is 0. The van der Waals surface area contributed by atoms with Crippen molar-refractivity contribution in [1.82, 2.24) is 14.5 Å². The van der Waals surface area contributed by atoms with Crippen LogP contribution in [0.3, 0.4) is 0 Å². The van der Waals surface area contributed by atoms with Crippen molar-refractivity contribution in [2.75, 3.05) is 26.7 Å². The molecular weight excluding hydrogens is 412 g/mol. The van der Waals surface area contributed by atoms with Crippen molar-refractivity contribution < 1.29 is 9.47 Å². The zero-order valence-electron chi connectivity index (χ0n) is 19.3. The van der Waals surface area contributed by atoms with E-state index in [4.69, 9.17) is 9.47 Å². The average molecular weight is 441 g/mol. The Morgan fingerprint density at radius 3 is 2.91 bits per heavy atom. The maximum atomic E-state index is 9.24. The van der Waals surface area contributed by atoms with Gasteiger partial charge in [0.25, 0.3) is 0 Å². The molecule has 6 heteroatoms. The molecule has 0 N–H and O–H groups in total. The Kier molecular flexibility index (Phi) is 5.65. The third-order valence-corrected chi connectivity index (χ3v) is 6.34. The molecule has 0 fully saturated rings. The second-order valence-corrected chi connectivity index (χ2v) is 8.94. The van der Waals surface area contributed by atoms with Gasteiger partial charge in [0.15, 0.2) is 11.5 Å². The van der Waals surface area contributed by atoms with Crippen LogP contribution in [0.1, 0.15) is 23.2 Å². The van der Waals surface area contributed by atoms with E-state index in [1.807, 2.05) is 43.3 Å². The van der Waals surface area contributed by atoms with Crippen molar-refractivity contribution in [3.05, 3.63) is 65.5 Å².